The molecule has 1 fully saturated rings. The third-order valence-corrected chi connectivity index (χ3v) is 10.8. The summed E-state index contributed by atoms with van der Waals surface area (Å²) in [6.07, 6.45) is 2.60. The van der Waals surface area contributed by atoms with Gasteiger partial charge in [0.2, 0.25) is 0 Å². The van der Waals surface area contributed by atoms with Gasteiger partial charge >= 0.3 is 11.0 Å². The number of rotatable bonds is 15. The zero-order valence-corrected chi connectivity index (χ0v) is 31.8. The highest BCUT2D eigenvalue weighted by Crippen LogP contribution is 2.29. The maximum absolute atomic E-state index is 12.8. The van der Waals surface area contributed by atoms with Crippen molar-refractivity contribution in [2.75, 3.05) is 43.4 Å². The van der Waals surface area contributed by atoms with Crippen molar-refractivity contribution >= 4 is 44.9 Å². The lowest BCUT2D eigenvalue weighted by Gasteiger charge is -2.31. The van der Waals surface area contributed by atoms with Gasteiger partial charge in [0.1, 0.15) is 23.1 Å². The molecule has 12 heteroatoms. The molecule has 0 aliphatic carbocycles. The van der Waals surface area contributed by atoms with Crippen molar-refractivity contribution in [3.05, 3.63) is 142 Å². The molecular formula is C44H45N5O6S. The average Bonchev–Trinajstić information content (AvgIpc) is 3.63. The van der Waals surface area contributed by atoms with Crippen molar-refractivity contribution in [2.45, 2.75) is 38.3 Å². The van der Waals surface area contributed by atoms with E-state index in [9.17, 15) is 19.5 Å². The fraction of sp³-hybridized carbons (Fsp3) is 0.250. The van der Waals surface area contributed by atoms with Crippen molar-refractivity contribution < 1.29 is 24.2 Å². The summed E-state index contributed by atoms with van der Waals surface area (Å²) in [5, 5.41) is 19.3. The molecule has 6 aromatic rings. The van der Waals surface area contributed by atoms with Crippen LogP contribution in [0.5, 0.6) is 11.5 Å². The molecule has 56 heavy (non-hydrogen) atoms. The van der Waals surface area contributed by atoms with Gasteiger partial charge in [0.15, 0.2) is 6.61 Å². The number of fused-ring (bicyclic) bond motifs is 1. The van der Waals surface area contributed by atoms with Crippen LogP contribution in [0.15, 0.2) is 120 Å². The molecule has 0 bridgehead atoms. The Morgan fingerprint density at radius 1 is 0.839 bits per heavy atom. The molecule has 288 valence electrons. The minimum absolute atomic E-state index is 0.0766. The van der Waals surface area contributed by atoms with Gasteiger partial charge in [-0.15, -0.1) is 0 Å². The molecule has 1 aliphatic heterocycles. The summed E-state index contributed by atoms with van der Waals surface area (Å²) in [7, 11) is 0. The SMILES string of the molecule is O=C(COc1cccc(CNCCc2ccc(O)c3[nH]c(=O)sc23)c1)Nc1ccc(CCN2CCC(OC(=O)Nc3ccccc3-c3ccccc3)CC2)cc1. The van der Waals surface area contributed by atoms with Crippen LogP contribution in [0.4, 0.5) is 16.2 Å². The second-order valence-corrected chi connectivity index (χ2v) is 14.8. The molecular weight excluding hydrogens is 727 g/mol. The number of nitrogens with zero attached hydrogens (tertiary/aromatic N) is 1. The lowest BCUT2D eigenvalue weighted by molar-refractivity contribution is -0.118. The first kappa shape index (κ1) is 38.3. The van der Waals surface area contributed by atoms with Gasteiger partial charge < -0.3 is 35.1 Å². The molecule has 0 spiro atoms. The Bertz CT molecular complexity index is 2300. The maximum Gasteiger partial charge on any atom is 0.411 e. The van der Waals surface area contributed by atoms with Crippen LogP contribution < -0.4 is 25.6 Å². The molecule has 2 heterocycles. The topological polar surface area (TPSA) is 145 Å². The van der Waals surface area contributed by atoms with Gasteiger partial charge in [-0.2, -0.15) is 0 Å². The predicted octanol–water partition coefficient (Wildman–Crippen LogP) is 7.57. The molecule has 0 unspecified atom stereocenters. The molecule has 2 amide bonds. The Balaban J connectivity index is 0.781. The number of ether oxygens (including phenoxy) is 2. The van der Waals surface area contributed by atoms with Gasteiger partial charge in [0, 0.05) is 37.4 Å². The normalized spacial score (nSPS) is 13.4. The summed E-state index contributed by atoms with van der Waals surface area (Å²) in [6.45, 7) is 3.79. The lowest BCUT2D eigenvalue weighted by Crippen LogP contribution is -2.39. The molecule has 0 atom stereocenters. The number of piperidine rings is 1. The fourth-order valence-corrected chi connectivity index (χ4v) is 7.76. The van der Waals surface area contributed by atoms with Crippen molar-refractivity contribution in [3.8, 4) is 22.6 Å². The van der Waals surface area contributed by atoms with Gasteiger partial charge in [0.25, 0.3) is 5.91 Å². The van der Waals surface area contributed by atoms with Crippen LogP contribution in [0.25, 0.3) is 21.3 Å². The first-order chi connectivity index (χ1) is 27.4. The van der Waals surface area contributed by atoms with E-state index in [-0.39, 0.29) is 29.2 Å². The number of phenolic OH excluding ortho intramolecular Hbond substituents is 1. The number of carbonyl (C=O) groups is 2. The van der Waals surface area contributed by atoms with Gasteiger partial charge in [-0.3, -0.25) is 14.9 Å². The molecule has 7 rings (SSSR count). The minimum Gasteiger partial charge on any atom is -0.506 e. The number of aromatic nitrogens is 1. The highest BCUT2D eigenvalue weighted by atomic mass is 32.1. The molecule has 11 nitrogen and oxygen atoms in total. The molecule has 1 aliphatic rings. The smallest absolute Gasteiger partial charge is 0.411 e. The number of aromatic hydroxyl groups is 1. The molecule has 1 saturated heterocycles. The Kier molecular flexibility index (Phi) is 12.7. The third kappa shape index (κ3) is 10.4. The van der Waals surface area contributed by atoms with E-state index in [1.54, 1.807) is 6.07 Å². The van der Waals surface area contributed by atoms with Crippen LogP contribution in [0.1, 0.15) is 29.5 Å². The van der Waals surface area contributed by atoms with Crippen LogP contribution in [0.2, 0.25) is 0 Å². The number of H-pyrrole nitrogens is 1. The van der Waals surface area contributed by atoms with E-state index in [0.29, 0.717) is 36.5 Å². The molecule has 1 aromatic heterocycles. The molecule has 0 saturated carbocycles. The minimum atomic E-state index is -0.426. The monoisotopic (exact) mass is 771 g/mol. The second-order valence-electron chi connectivity index (χ2n) is 13.8. The van der Waals surface area contributed by atoms with Crippen LogP contribution in [-0.2, 0) is 28.9 Å². The maximum atomic E-state index is 12.8. The number of thiazole rings is 1. The first-order valence-electron chi connectivity index (χ1n) is 18.9. The number of phenols is 1. The number of nitrogens with one attached hydrogen (secondary N) is 4. The van der Waals surface area contributed by atoms with Crippen LogP contribution >= 0.6 is 11.3 Å². The Labute approximate surface area is 329 Å². The van der Waals surface area contributed by atoms with E-state index >= 15 is 0 Å². The highest BCUT2D eigenvalue weighted by molar-refractivity contribution is 7.16. The van der Waals surface area contributed by atoms with E-state index in [0.717, 1.165) is 82.9 Å². The van der Waals surface area contributed by atoms with Crippen LogP contribution in [0, 0.1) is 0 Å². The number of para-hydroxylation sites is 1. The number of hydrogen-bond donors (Lipinski definition) is 5. The van der Waals surface area contributed by atoms with Gasteiger partial charge in [-0.25, -0.2) is 4.79 Å². The third-order valence-electron chi connectivity index (χ3n) is 9.82. The fourth-order valence-electron chi connectivity index (χ4n) is 6.86. The number of likely N-dealkylation sites (tertiary alicyclic amines) is 1. The van der Waals surface area contributed by atoms with Crippen LogP contribution in [0.3, 0.4) is 0 Å². The van der Waals surface area contributed by atoms with E-state index in [2.05, 4.69) is 25.8 Å². The Morgan fingerprint density at radius 2 is 1.62 bits per heavy atom. The quantitative estimate of drug-likeness (QED) is 0.0673. The first-order valence-corrected chi connectivity index (χ1v) is 19.7. The molecule has 5 N–H and O–H groups in total. The van der Waals surface area contributed by atoms with E-state index in [4.69, 9.17) is 9.47 Å². The van der Waals surface area contributed by atoms with E-state index in [1.807, 2.05) is 109 Å². The Hall–Kier alpha value is -5.95. The number of aromatic amines is 1. The standard InChI is InChI=1S/C44H45N5O6S/c50-39-18-15-33(42-41(39)48-44(53)56-42)19-23-45-28-31-7-6-10-36(27-31)54-29-40(51)46-34-16-13-30(14-17-34)20-24-49-25-21-35(22-26-49)55-43(52)47-38-12-5-4-11-37(38)32-8-2-1-3-9-32/h1-18,27,35,45,50H,19-26,28-29H2,(H,46,51)(H,47,52)(H,48,53). The van der Waals surface area contributed by atoms with Gasteiger partial charge in [0.05, 0.1) is 10.4 Å². The average molecular weight is 772 g/mol. The molecule has 5 aromatic carbocycles. The Morgan fingerprint density at radius 3 is 2.45 bits per heavy atom. The predicted molar refractivity (Wildman–Crippen MR) is 222 cm³/mol. The van der Waals surface area contributed by atoms with Crippen molar-refractivity contribution in [3.63, 3.8) is 0 Å². The van der Waals surface area contributed by atoms with Crippen molar-refractivity contribution in [2.24, 2.45) is 0 Å². The summed E-state index contributed by atoms with van der Waals surface area (Å²) in [5.41, 5.74) is 7.10. The highest BCUT2D eigenvalue weighted by Gasteiger charge is 2.23. The van der Waals surface area contributed by atoms with E-state index in [1.165, 1.54) is 5.56 Å². The van der Waals surface area contributed by atoms with Gasteiger partial charge in [-0.1, -0.05) is 90.2 Å². The number of anilines is 2. The van der Waals surface area contributed by atoms with E-state index < -0.39 is 6.09 Å². The summed E-state index contributed by atoms with van der Waals surface area (Å²) in [5.74, 6) is 0.441. The zero-order chi connectivity index (χ0) is 38.7. The van der Waals surface area contributed by atoms with Gasteiger partial charge in [-0.05, 0) is 90.9 Å². The largest absolute Gasteiger partial charge is 0.506 e. The second kappa shape index (κ2) is 18.6. The zero-order valence-electron chi connectivity index (χ0n) is 31.0. The summed E-state index contributed by atoms with van der Waals surface area (Å²) < 4.78 is 12.4. The number of amides is 2. The van der Waals surface area contributed by atoms with Crippen molar-refractivity contribution in [1.29, 1.82) is 0 Å². The number of carbonyl (C=O) groups excluding carboxylic acids is 2. The number of hydrogen-bond acceptors (Lipinski definition) is 9. The van der Waals surface area contributed by atoms with Crippen molar-refractivity contribution in [1.82, 2.24) is 15.2 Å². The number of benzene rings is 5. The van der Waals surface area contributed by atoms with Crippen LogP contribution in [-0.4, -0.2) is 65.9 Å². The summed E-state index contributed by atoms with van der Waals surface area (Å²) in [4.78, 5) is 42.1. The molecule has 0 radical (unpaired) electrons. The lowest BCUT2D eigenvalue weighted by atomic mass is 10.0. The summed E-state index contributed by atoms with van der Waals surface area (Å²) in [6, 6.07) is 36.7. The summed E-state index contributed by atoms with van der Waals surface area (Å²) >= 11 is 1.10.